The third-order valence-electron chi connectivity index (χ3n) is 4.60. The van der Waals surface area contributed by atoms with Crippen molar-refractivity contribution in [3.8, 4) is 0 Å². The van der Waals surface area contributed by atoms with E-state index in [4.69, 9.17) is 11.6 Å². The Morgan fingerprint density at radius 1 is 1.22 bits per heavy atom. The Bertz CT molecular complexity index is 1000. The molecular formula is C17H16ClF2N3O3S. The molecule has 2 aromatic carbocycles. The molecule has 0 aromatic heterocycles. The monoisotopic (exact) mass is 415 g/mol. The van der Waals surface area contributed by atoms with Gasteiger partial charge in [-0.2, -0.15) is 0 Å². The highest BCUT2D eigenvalue weighted by atomic mass is 35.5. The average Bonchev–Trinajstić information content (AvgIpc) is 2.97. The molecule has 0 saturated carbocycles. The number of amides is 1. The summed E-state index contributed by atoms with van der Waals surface area (Å²) in [5.74, 6) is -0.535. The van der Waals surface area contributed by atoms with Gasteiger partial charge in [-0.15, -0.1) is 0 Å². The minimum absolute atomic E-state index is 0.0644. The Kier molecular flexibility index (Phi) is 5.22. The molecule has 0 radical (unpaired) electrons. The van der Waals surface area contributed by atoms with Crippen LogP contribution in [0.25, 0.3) is 0 Å². The molecule has 1 heterocycles. The second-order valence-corrected chi connectivity index (χ2v) is 8.20. The summed E-state index contributed by atoms with van der Waals surface area (Å²) in [6.45, 7) is 2.44. The molecule has 0 bridgehead atoms. The number of nitrogens with zero attached hydrogens (tertiary/aromatic N) is 3. The zero-order valence-electron chi connectivity index (χ0n) is 14.4. The molecular weight excluding hydrogens is 400 g/mol. The lowest BCUT2D eigenvalue weighted by Crippen LogP contribution is -2.42. The number of sulfonamides is 1. The van der Waals surface area contributed by atoms with Gasteiger partial charge in [-0.25, -0.2) is 13.4 Å². The van der Waals surface area contributed by atoms with Crippen molar-refractivity contribution in [1.29, 1.82) is 0 Å². The second-order valence-electron chi connectivity index (χ2n) is 6.12. The van der Waals surface area contributed by atoms with Crippen LogP contribution in [0.4, 0.5) is 8.96 Å². The first kappa shape index (κ1) is 19.7. The van der Waals surface area contributed by atoms with Crippen molar-refractivity contribution in [2.24, 2.45) is 0 Å². The van der Waals surface area contributed by atoms with Gasteiger partial charge in [-0.05, 0) is 36.2 Å². The van der Waals surface area contributed by atoms with Gasteiger partial charge in [-0.1, -0.05) is 44.8 Å². The van der Waals surface area contributed by atoms with E-state index in [9.17, 15) is 22.2 Å². The van der Waals surface area contributed by atoms with Gasteiger partial charge in [0.25, 0.3) is 15.9 Å². The van der Waals surface area contributed by atoms with E-state index < -0.39 is 30.6 Å². The maximum Gasteiger partial charge on any atom is 0.298 e. The van der Waals surface area contributed by atoms with Crippen LogP contribution in [0.3, 0.4) is 0 Å². The fourth-order valence-electron chi connectivity index (χ4n) is 3.14. The van der Waals surface area contributed by atoms with Gasteiger partial charge in [0.1, 0.15) is 9.64 Å². The predicted molar refractivity (Wildman–Crippen MR) is 95.2 cm³/mol. The lowest BCUT2D eigenvalue weighted by Gasteiger charge is -2.32. The maximum atomic E-state index is 12.8. The number of benzene rings is 2. The minimum atomic E-state index is -5.08. The molecule has 144 valence electrons. The van der Waals surface area contributed by atoms with E-state index in [1.807, 2.05) is 36.2 Å². The SMILES string of the molecule is CC1c2ccccc2CN1N(C)C(=O)c1ccc(Cl)c(S(=O)(=O)N(F)F)c1. The van der Waals surface area contributed by atoms with Crippen LogP contribution in [0.1, 0.15) is 34.5 Å². The summed E-state index contributed by atoms with van der Waals surface area (Å²) in [5, 5.41) is 2.77. The summed E-state index contributed by atoms with van der Waals surface area (Å²) in [5.41, 5.74) is 2.10. The van der Waals surface area contributed by atoms with Crippen molar-refractivity contribution in [1.82, 2.24) is 14.8 Å². The number of fused-ring (bicyclic) bond motifs is 1. The highest BCUT2D eigenvalue weighted by Gasteiger charge is 2.33. The number of hydrazine groups is 1. The molecule has 0 spiro atoms. The first-order valence-electron chi connectivity index (χ1n) is 7.93. The van der Waals surface area contributed by atoms with Crippen LogP contribution in [-0.2, 0) is 16.6 Å². The fraction of sp³-hybridized carbons (Fsp3) is 0.235. The first-order valence-corrected chi connectivity index (χ1v) is 9.75. The van der Waals surface area contributed by atoms with E-state index in [1.54, 1.807) is 7.05 Å². The third-order valence-corrected chi connectivity index (χ3v) is 6.30. The molecule has 0 N–H and O–H groups in total. The van der Waals surface area contributed by atoms with E-state index in [2.05, 4.69) is 0 Å². The summed E-state index contributed by atoms with van der Waals surface area (Å²) in [6, 6.07) is 11.0. The standard InChI is InChI=1S/C17H16ClF2N3O3S/c1-11-14-6-4-3-5-13(14)10-22(11)21(2)17(24)12-7-8-15(18)16(9-12)27(25,26)23(19)20/h3-9,11H,10H2,1-2H3. The molecule has 1 unspecified atom stereocenters. The second kappa shape index (κ2) is 7.16. The highest BCUT2D eigenvalue weighted by molar-refractivity contribution is 7.89. The Morgan fingerprint density at radius 2 is 1.89 bits per heavy atom. The van der Waals surface area contributed by atoms with Gasteiger partial charge < -0.3 is 0 Å². The molecule has 1 atom stereocenters. The number of halogens is 3. The van der Waals surface area contributed by atoms with Crippen LogP contribution >= 0.6 is 11.6 Å². The van der Waals surface area contributed by atoms with Gasteiger partial charge >= 0.3 is 0 Å². The molecule has 1 aliphatic heterocycles. The van der Waals surface area contributed by atoms with Crippen LogP contribution < -0.4 is 0 Å². The number of rotatable bonds is 4. The third kappa shape index (κ3) is 3.43. The molecule has 1 amide bonds. The Balaban J connectivity index is 1.91. The van der Waals surface area contributed by atoms with E-state index in [-0.39, 0.29) is 11.6 Å². The van der Waals surface area contributed by atoms with Gasteiger partial charge in [0.05, 0.1) is 11.1 Å². The molecule has 0 saturated heterocycles. The summed E-state index contributed by atoms with van der Waals surface area (Å²) in [4.78, 5) is 12.0. The van der Waals surface area contributed by atoms with Crippen LogP contribution in [-0.4, -0.2) is 36.1 Å². The molecule has 0 fully saturated rings. The quantitative estimate of drug-likeness (QED) is 0.715. The van der Waals surface area contributed by atoms with Crippen LogP contribution in [0.2, 0.25) is 5.02 Å². The van der Waals surface area contributed by atoms with Crippen molar-refractivity contribution in [3.05, 3.63) is 64.2 Å². The maximum absolute atomic E-state index is 12.8. The van der Waals surface area contributed by atoms with Gasteiger partial charge in [0.15, 0.2) is 0 Å². The molecule has 6 nitrogen and oxygen atoms in total. The molecule has 10 heteroatoms. The van der Waals surface area contributed by atoms with Crippen molar-refractivity contribution in [2.45, 2.75) is 24.4 Å². The molecule has 27 heavy (non-hydrogen) atoms. The topological polar surface area (TPSA) is 60.9 Å². The van der Waals surface area contributed by atoms with Crippen LogP contribution in [0, 0.1) is 0 Å². The van der Waals surface area contributed by atoms with E-state index in [0.29, 0.717) is 6.54 Å². The number of hydrogen-bond donors (Lipinski definition) is 0. The van der Waals surface area contributed by atoms with Crippen LogP contribution in [0.15, 0.2) is 47.4 Å². The van der Waals surface area contributed by atoms with Gasteiger partial charge in [0.2, 0.25) is 0 Å². The van der Waals surface area contributed by atoms with E-state index in [0.717, 1.165) is 23.3 Å². The summed E-state index contributed by atoms with van der Waals surface area (Å²) in [6.07, 6.45) is 0. The van der Waals surface area contributed by atoms with Crippen molar-refractivity contribution in [2.75, 3.05) is 7.05 Å². The summed E-state index contributed by atoms with van der Waals surface area (Å²) >= 11 is 5.75. The van der Waals surface area contributed by atoms with Crippen LogP contribution in [0.5, 0.6) is 0 Å². The number of carbonyl (C=O) groups excluding carboxylic acids is 1. The molecule has 0 aliphatic carbocycles. The first-order chi connectivity index (χ1) is 12.6. The summed E-state index contributed by atoms with van der Waals surface area (Å²) < 4.78 is 46.9. The highest BCUT2D eigenvalue weighted by Crippen LogP contribution is 2.34. The molecule has 2 aromatic rings. The number of hydrogen-bond acceptors (Lipinski definition) is 4. The van der Waals surface area contributed by atoms with Gasteiger partial charge in [0, 0.05) is 19.2 Å². The average molecular weight is 416 g/mol. The lowest BCUT2D eigenvalue weighted by molar-refractivity contribution is -0.0538. The predicted octanol–water partition coefficient (Wildman–Crippen LogP) is 3.66. The fourth-order valence-corrected chi connectivity index (χ4v) is 4.28. The Hall–Kier alpha value is -2.07. The minimum Gasteiger partial charge on any atom is -0.273 e. The Labute approximate surface area is 160 Å². The zero-order chi connectivity index (χ0) is 19.9. The van der Waals surface area contributed by atoms with Crippen molar-refractivity contribution >= 4 is 27.5 Å². The lowest BCUT2D eigenvalue weighted by atomic mass is 10.1. The smallest absolute Gasteiger partial charge is 0.273 e. The molecule has 3 rings (SSSR count). The normalized spacial score (nSPS) is 17.2. The largest absolute Gasteiger partial charge is 0.298 e. The summed E-state index contributed by atoms with van der Waals surface area (Å²) in [7, 11) is -3.53. The zero-order valence-corrected chi connectivity index (χ0v) is 16.0. The van der Waals surface area contributed by atoms with E-state index in [1.165, 1.54) is 11.1 Å². The molecule has 1 aliphatic rings. The van der Waals surface area contributed by atoms with Crippen molar-refractivity contribution < 1.29 is 22.2 Å². The number of carbonyl (C=O) groups is 1. The van der Waals surface area contributed by atoms with Gasteiger partial charge in [-0.3, -0.25) is 9.80 Å². The van der Waals surface area contributed by atoms with E-state index >= 15 is 0 Å². The van der Waals surface area contributed by atoms with Crippen molar-refractivity contribution in [3.63, 3.8) is 0 Å². The Morgan fingerprint density at radius 3 is 2.52 bits per heavy atom.